The van der Waals surface area contributed by atoms with Crippen LogP contribution in [-0.2, 0) is 23.9 Å². The summed E-state index contributed by atoms with van der Waals surface area (Å²) in [5.41, 5.74) is -4.17. The summed E-state index contributed by atoms with van der Waals surface area (Å²) in [4.78, 5) is 38.6. The number of carbonyl (C=O) groups excluding carboxylic acids is 2. The molecule has 4 fully saturated rings. The molecule has 1 aromatic heterocycles. The number of epoxide rings is 1. The van der Waals surface area contributed by atoms with Crippen LogP contribution in [0.1, 0.15) is 65.5 Å². The maximum atomic E-state index is 14.1. The van der Waals surface area contributed by atoms with Crippen LogP contribution >= 0.6 is 0 Å². The van der Waals surface area contributed by atoms with Gasteiger partial charge in [0.05, 0.1) is 23.5 Å². The van der Waals surface area contributed by atoms with Crippen LogP contribution in [-0.4, -0.2) is 45.2 Å². The molecule has 0 bridgehead atoms. The Labute approximate surface area is 198 Å². The van der Waals surface area contributed by atoms with Gasteiger partial charge in [0.2, 0.25) is 0 Å². The molecule has 2 saturated carbocycles. The largest absolute Gasteiger partial charge is 0.478 e. The van der Waals surface area contributed by atoms with E-state index in [4.69, 9.17) is 13.9 Å². The Morgan fingerprint density at radius 1 is 1.21 bits per heavy atom. The van der Waals surface area contributed by atoms with Crippen molar-refractivity contribution in [3.05, 3.63) is 36.3 Å². The van der Waals surface area contributed by atoms with E-state index >= 15 is 0 Å². The Morgan fingerprint density at radius 3 is 2.50 bits per heavy atom. The monoisotopic (exact) mass is 472 g/mol. The number of carboxylic acid groups (broad SMARTS) is 1. The first-order chi connectivity index (χ1) is 15.7. The van der Waals surface area contributed by atoms with Gasteiger partial charge >= 0.3 is 11.9 Å². The number of carbonyl (C=O) groups is 3. The quantitative estimate of drug-likeness (QED) is 0.388. The fraction of sp³-hybridized carbons (Fsp3) is 0.654. The second-order valence-corrected chi connectivity index (χ2v) is 11.7. The molecule has 4 aliphatic rings. The Kier molecular flexibility index (Phi) is 4.67. The Morgan fingerprint density at radius 2 is 1.91 bits per heavy atom. The normalized spacial score (nSPS) is 45.8. The van der Waals surface area contributed by atoms with Crippen LogP contribution in [0.15, 0.2) is 35.2 Å². The molecule has 184 valence electrons. The van der Waals surface area contributed by atoms with Gasteiger partial charge in [-0.15, -0.1) is 0 Å². The molecule has 0 aromatic carbocycles. The van der Waals surface area contributed by atoms with E-state index in [9.17, 15) is 24.6 Å². The maximum absolute atomic E-state index is 14.1. The molecule has 2 saturated heterocycles. The number of aliphatic carboxylic acids is 1. The number of esters is 1. The van der Waals surface area contributed by atoms with Gasteiger partial charge in [-0.25, -0.2) is 9.59 Å². The average Bonchev–Trinajstić information content (AvgIpc) is 3.31. The SMILES string of the molecule is CC(C)(O)[C@@H]1CC(=O)[C@]2(C)[C@H](CC[C@@]3(C)[C@H](c4ccoc4)OC(=O)[C@H]4O[C@]432)[C@@]1(C)/C=C/C(=O)O. The number of rotatable bonds is 4. The van der Waals surface area contributed by atoms with Gasteiger partial charge in [0.1, 0.15) is 17.5 Å². The van der Waals surface area contributed by atoms with Crippen LogP contribution in [0.5, 0.6) is 0 Å². The van der Waals surface area contributed by atoms with Crippen molar-refractivity contribution in [1.29, 1.82) is 0 Å². The molecule has 34 heavy (non-hydrogen) atoms. The minimum atomic E-state index is -1.22. The number of cyclic esters (lactones) is 1. The molecule has 1 spiro atoms. The fourth-order valence-electron chi connectivity index (χ4n) is 8.15. The Bertz CT molecular complexity index is 1080. The highest BCUT2D eigenvalue weighted by Gasteiger charge is 2.88. The summed E-state index contributed by atoms with van der Waals surface area (Å²) in [6.07, 6.45) is 5.56. The van der Waals surface area contributed by atoms with E-state index in [1.54, 1.807) is 32.3 Å². The van der Waals surface area contributed by atoms with Crippen molar-refractivity contribution in [2.75, 3.05) is 0 Å². The van der Waals surface area contributed by atoms with E-state index in [0.717, 1.165) is 11.6 Å². The third kappa shape index (κ3) is 2.64. The summed E-state index contributed by atoms with van der Waals surface area (Å²) in [6.45, 7) is 9.13. The minimum absolute atomic E-state index is 0.0519. The lowest BCUT2D eigenvalue weighted by Crippen LogP contribution is -2.71. The standard InChI is InChI=1S/C26H32O8/c1-22(2,31)16-12-17(27)25(5)15(23(16,3)9-7-18(28)29)6-10-24(4)19(14-8-11-32-13-14)33-21(30)20-26(24,25)34-20/h7-9,11,13,15-16,19-20,31H,6,10,12H2,1-5H3,(H,28,29)/b9-7+/t15-,16+,19+,20-,23-,24+,25+,26-/m1/s1. The van der Waals surface area contributed by atoms with Crippen molar-refractivity contribution in [2.24, 2.45) is 28.1 Å². The van der Waals surface area contributed by atoms with E-state index < -0.39 is 57.5 Å². The molecule has 2 aliphatic heterocycles. The molecule has 0 amide bonds. The summed E-state index contributed by atoms with van der Waals surface area (Å²) in [6, 6.07) is 1.76. The highest BCUT2D eigenvalue weighted by Crippen LogP contribution is 2.78. The first kappa shape index (κ1) is 23.3. The molecule has 8 heteroatoms. The van der Waals surface area contributed by atoms with Crippen LogP contribution < -0.4 is 0 Å². The third-order valence-corrected chi connectivity index (χ3v) is 9.67. The summed E-state index contributed by atoms with van der Waals surface area (Å²) >= 11 is 0. The van der Waals surface area contributed by atoms with E-state index in [-0.39, 0.29) is 18.1 Å². The predicted molar refractivity (Wildman–Crippen MR) is 118 cm³/mol. The Balaban J connectivity index is 1.69. The minimum Gasteiger partial charge on any atom is -0.478 e. The lowest BCUT2D eigenvalue weighted by atomic mass is 9.37. The van der Waals surface area contributed by atoms with Crippen molar-refractivity contribution in [1.82, 2.24) is 0 Å². The first-order valence-corrected chi connectivity index (χ1v) is 11.8. The molecular weight excluding hydrogens is 440 g/mol. The van der Waals surface area contributed by atoms with Gasteiger partial charge in [-0.05, 0) is 51.0 Å². The van der Waals surface area contributed by atoms with Crippen molar-refractivity contribution in [3.8, 4) is 0 Å². The van der Waals surface area contributed by atoms with Crippen molar-refractivity contribution in [2.45, 2.75) is 77.3 Å². The van der Waals surface area contributed by atoms with Crippen LogP contribution in [0.3, 0.4) is 0 Å². The molecule has 5 rings (SSSR count). The predicted octanol–water partition coefficient (Wildman–Crippen LogP) is 3.44. The zero-order valence-corrected chi connectivity index (χ0v) is 20.2. The maximum Gasteiger partial charge on any atom is 0.339 e. The van der Waals surface area contributed by atoms with Crippen molar-refractivity contribution < 1.29 is 38.5 Å². The second-order valence-electron chi connectivity index (χ2n) is 11.7. The zero-order valence-electron chi connectivity index (χ0n) is 20.2. The molecule has 1 aromatic rings. The zero-order chi connectivity index (χ0) is 24.9. The fourth-order valence-corrected chi connectivity index (χ4v) is 8.15. The van der Waals surface area contributed by atoms with E-state index in [2.05, 4.69) is 0 Å². The van der Waals surface area contributed by atoms with Gasteiger partial charge in [-0.2, -0.15) is 0 Å². The molecule has 0 unspecified atom stereocenters. The summed E-state index contributed by atoms with van der Waals surface area (Å²) in [5.74, 6) is -2.50. The highest BCUT2D eigenvalue weighted by atomic mass is 16.7. The number of ether oxygens (including phenoxy) is 2. The van der Waals surface area contributed by atoms with Gasteiger partial charge < -0.3 is 24.1 Å². The number of furan rings is 1. The van der Waals surface area contributed by atoms with Crippen molar-refractivity contribution >= 4 is 17.7 Å². The first-order valence-electron chi connectivity index (χ1n) is 11.8. The Hall–Kier alpha value is -2.45. The molecule has 2 aliphatic carbocycles. The van der Waals surface area contributed by atoms with Gasteiger partial charge in [0, 0.05) is 29.4 Å². The molecule has 0 radical (unpaired) electrons. The molecule has 3 heterocycles. The van der Waals surface area contributed by atoms with Gasteiger partial charge in [-0.1, -0.05) is 19.9 Å². The topological polar surface area (TPSA) is 127 Å². The number of allylic oxidation sites excluding steroid dienone is 1. The van der Waals surface area contributed by atoms with E-state index in [1.165, 1.54) is 6.26 Å². The van der Waals surface area contributed by atoms with Crippen LogP contribution in [0.2, 0.25) is 0 Å². The number of aliphatic hydroxyl groups is 1. The van der Waals surface area contributed by atoms with Gasteiger partial charge in [0.15, 0.2) is 6.10 Å². The van der Waals surface area contributed by atoms with Gasteiger partial charge in [0.25, 0.3) is 0 Å². The molecular formula is C26H32O8. The van der Waals surface area contributed by atoms with Gasteiger partial charge in [-0.3, -0.25) is 4.79 Å². The number of hydrogen-bond donors (Lipinski definition) is 2. The number of carboxylic acids is 1. The summed E-state index contributed by atoms with van der Waals surface area (Å²) < 4.78 is 17.4. The van der Waals surface area contributed by atoms with Crippen LogP contribution in [0.4, 0.5) is 0 Å². The molecule has 8 atom stereocenters. The molecule has 2 N–H and O–H groups in total. The number of Topliss-reactive ketones (excluding diaryl/α,β-unsaturated/α-hetero) is 1. The number of fused-ring (bicyclic) bond motifs is 1. The second kappa shape index (κ2) is 6.82. The number of hydrogen-bond acceptors (Lipinski definition) is 7. The van der Waals surface area contributed by atoms with Crippen LogP contribution in [0.25, 0.3) is 0 Å². The highest BCUT2D eigenvalue weighted by molar-refractivity contribution is 5.93. The lowest BCUT2D eigenvalue weighted by Gasteiger charge is -2.65. The number of ketones is 1. The van der Waals surface area contributed by atoms with Crippen LogP contribution in [0, 0.1) is 28.1 Å². The summed E-state index contributed by atoms with van der Waals surface area (Å²) in [7, 11) is 0. The average molecular weight is 473 g/mol. The third-order valence-electron chi connectivity index (χ3n) is 9.67. The lowest BCUT2D eigenvalue weighted by molar-refractivity contribution is -0.213. The molecule has 8 nitrogen and oxygen atoms in total. The van der Waals surface area contributed by atoms with E-state index in [1.807, 2.05) is 20.8 Å². The van der Waals surface area contributed by atoms with E-state index in [0.29, 0.717) is 12.8 Å². The smallest absolute Gasteiger partial charge is 0.339 e. The van der Waals surface area contributed by atoms with Crippen molar-refractivity contribution in [3.63, 3.8) is 0 Å². The summed E-state index contributed by atoms with van der Waals surface area (Å²) in [5, 5.41) is 20.5.